The van der Waals surface area contributed by atoms with Crippen LogP contribution in [0.15, 0.2) is 47.5 Å². The Hall–Kier alpha value is -3.31. The SMILES string of the molecule is O=C(O)CN1C(=O)/C(=C\c2ccc(Oc3ccc([N+](=O)[O-])cn3)cc2)SC1=S. The predicted molar refractivity (Wildman–Crippen MR) is 105 cm³/mol. The van der Waals surface area contributed by atoms with Gasteiger partial charge in [0.2, 0.25) is 5.88 Å². The highest BCUT2D eigenvalue weighted by atomic mass is 32.2. The number of amides is 1. The summed E-state index contributed by atoms with van der Waals surface area (Å²) in [5, 5.41) is 19.5. The van der Waals surface area contributed by atoms with Gasteiger partial charge in [-0.05, 0) is 23.8 Å². The Labute approximate surface area is 167 Å². The van der Waals surface area contributed by atoms with Crippen molar-refractivity contribution in [1.82, 2.24) is 9.88 Å². The van der Waals surface area contributed by atoms with Crippen LogP contribution in [0.2, 0.25) is 0 Å². The van der Waals surface area contributed by atoms with E-state index in [1.807, 2.05) is 0 Å². The first-order valence-electron chi connectivity index (χ1n) is 7.69. The van der Waals surface area contributed by atoms with Gasteiger partial charge in [0.1, 0.15) is 22.8 Å². The van der Waals surface area contributed by atoms with Crippen molar-refractivity contribution in [3.8, 4) is 11.6 Å². The summed E-state index contributed by atoms with van der Waals surface area (Å²) in [5.74, 6) is -0.934. The van der Waals surface area contributed by atoms with Gasteiger partial charge >= 0.3 is 5.97 Å². The molecule has 1 saturated heterocycles. The van der Waals surface area contributed by atoms with Gasteiger partial charge in [0.25, 0.3) is 11.6 Å². The molecule has 1 amide bonds. The Balaban J connectivity index is 1.70. The molecule has 2 aromatic rings. The monoisotopic (exact) mass is 417 g/mol. The number of carbonyl (C=O) groups excluding carboxylic acids is 1. The molecule has 11 heteroatoms. The average molecular weight is 417 g/mol. The van der Waals surface area contributed by atoms with E-state index in [1.54, 1.807) is 30.3 Å². The van der Waals surface area contributed by atoms with Crippen LogP contribution in [0.5, 0.6) is 11.6 Å². The number of hydrogen-bond acceptors (Lipinski definition) is 8. The van der Waals surface area contributed by atoms with Crippen LogP contribution in [0.1, 0.15) is 5.56 Å². The molecule has 1 fully saturated rings. The summed E-state index contributed by atoms with van der Waals surface area (Å²) in [4.78, 5) is 38.4. The predicted octanol–water partition coefficient (Wildman–Crippen LogP) is 3.07. The molecular weight excluding hydrogens is 406 g/mol. The molecule has 0 atom stereocenters. The van der Waals surface area contributed by atoms with Gasteiger partial charge in [-0.2, -0.15) is 0 Å². The van der Waals surface area contributed by atoms with Crippen molar-refractivity contribution < 1.29 is 24.4 Å². The van der Waals surface area contributed by atoms with E-state index in [-0.39, 0.29) is 15.9 Å². The fraction of sp³-hybridized carbons (Fsp3) is 0.0588. The first-order valence-corrected chi connectivity index (χ1v) is 8.91. The van der Waals surface area contributed by atoms with Crippen LogP contribution >= 0.6 is 24.0 Å². The Bertz CT molecular complexity index is 989. The molecular formula is C17H11N3O6S2. The van der Waals surface area contributed by atoms with Crippen LogP contribution in [0.4, 0.5) is 5.69 Å². The minimum atomic E-state index is -1.14. The number of carboxylic acid groups (broad SMARTS) is 1. The number of nitrogens with zero attached hydrogens (tertiary/aromatic N) is 3. The molecule has 0 spiro atoms. The third-order valence-corrected chi connectivity index (χ3v) is 4.88. The Morgan fingerprint density at radius 3 is 2.61 bits per heavy atom. The summed E-state index contributed by atoms with van der Waals surface area (Å²) < 4.78 is 5.71. The second-order valence-electron chi connectivity index (χ2n) is 5.44. The van der Waals surface area contributed by atoms with Crippen LogP contribution in [0.25, 0.3) is 6.08 Å². The number of pyridine rings is 1. The standard InChI is InChI=1S/C17H11N3O6S2/c21-15(22)9-19-16(23)13(28-17(19)27)7-10-1-4-12(5-2-10)26-14-6-3-11(8-18-14)20(24)25/h1-8H,9H2,(H,21,22)/b13-7+. The lowest BCUT2D eigenvalue weighted by atomic mass is 10.2. The third-order valence-electron chi connectivity index (χ3n) is 3.50. The van der Waals surface area contributed by atoms with Crippen LogP contribution in [-0.4, -0.2) is 42.7 Å². The summed E-state index contributed by atoms with van der Waals surface area (Å²) in [6.07, 6.45) is 2.71. The largest absolute Gasteiger partial charge is 0.480 e. The second-order valence-corrected chi connectivity index (χ2v) is 7.12. The van der Waals surface area contributed by atoms with Crippen molar-refractivity contribution in [1.29, 1.82) is 0 Å². The molecule has 28 heavy (non-hydrogen) atoms. The van der Waals surface area contributed by atoms with E-state index in [1.165, 1.54) is 12.1 Å². The fourth-order valence-electron chi connectivity index (χ4n) is 2.22. The lowest BCUT2D eigenvalue weighted by Crippen LogP contribution is -2.33. The number of ether oxygens (including phenoxy) is 1. The molecule has 1 aromatic carbocycles. The summed E-state index contributed by atoms with van der Waals surface area (Å²) in [6.45, 7) is -0.475. The number of nitro groups is 1. The molecule has 142 valence electrons. The Morgan fingerprint density at radius 2 is 2.04 bits per heavy atom. The number of thiocarbonyl (C=S) groups is 1. The minimum Gasteiger partial charge on any atom is -0.480 e. The maximum Gasteiger partial charge on any atom is 0.323 e. The zero-order valence-electron chi connectivity index (χ0n) is 14.0. The molecule has 0 saturated carbocycles. The van der Waals surface area contributed by atoms with Gasteiger partial charge in [0.05, 0.1) is 9.83 Å². The highest BCUT2D eigenvalue weighted by Crippen LogP contribution is 2.32. The lowest BCUT2D eigenvalue weighted by Gasteiger charge is -2.10. The minimum absolute atomic E-state index is 0.136. The Kier molecular flexibility index (Phi) is 5.66. The molecule has 0 aliphatic carbocycles. The van der Waals surface area contributed by atoms with Crippen molar-refractivity contribution in [3.63, 3.8) is 0 Å². The number of hydrogen-bond donors (Lipinski definition) is 1. The normalized spacial score (nSPS) is 15.1. The number of aliphatic carboxylic acids is 1. The molecule has 9 nitrogen and oxygen atoms in total. The van der Waals surface area contributed by atoms with E-state index in [2.05, 4.69) is 4.98 Å². The van der Waals surface area contributed by atoms with Crippen LogP contribution in [0, 0.1) is 10.1 Å². The third kappa shape index (κ3) is 4.50. The number of carboxylic acids is 1. The van der Waals surface area contributed by atoms with E-state index < -0.39 is 23.3 Å². The summed E-state index contributed by atoms with van der Waals surface area (Å²) in [6, 6.07) is 9.37. The van der Waals surface area contributed by atoms with Crippen molar-refractivity contribution in [2.45, 2.75) is 0 Å². The highest BCUT2D eigenvalue weighted by molar-refractivity contribution is 8.26. The van der Waals surface area contributed by atoms with Crippen molar-refractivity contribution in [2.75, 3.05) is 6.54 Å². The molecule has 0 radical (unpaired) electrons. The molecule has 0 unspecified atom stereocenters. The molecule has 0 bridgehead atoms. The van der Waals surface area contributed by atoms with E-state index in [0.717, 1.165) is 22.9 Å². The zero-order chi connectivity index (χ0) is 20.3. The Morgan fingerprint density at radius 1 is 1.32 bits per heavy atom. The number of aromatic nitrogens is 1. The summed E-state index contributed by atoms with van der Waals surface area (Å²) in [5.41, 5.74) is 0.558. The zero-order valence-corrected chi connectivity index (χ0v) is 15.6. The molecule has 3 rings (SSSR count). The van der Waals surface area contributed by atoms with Gasteiger partial charge in [-0.1, -0.05) is 36.1 Å². The van der Waals surface area contributed by atoms with Crippen molar-refractivity contribution in [2.24, 2.45) is 0 Å². The molecule has 1 N–H and O–H groups in total. The maximum absolute atomic E-state index is 12.2. The second kappa shape index (κ2) is 8.15. The first-order chi connectivity index (χ1) is 13.3. The van der Waals surface area contributed by atoms with Crippen LogP contribution in [-0.2, 0) is 9.59 Å². The van der Waals surface area contributed by atoms with Gasteiger partial charge in [-0.15, -0.1) is 0 Å². The molecule has 1 aromatic heterocycles. The smallest absolute Gasteiger partial charge is 0.323 e. The van der Waals surface area contributed by atoms with E-state index >= 15 is 0 Å². The number of rotatable bonds is 6. The molecule has 1 aliphatic rings. The van der Waals surface area contributed by atoms with E-state index in [0.29, 0.717) is 16.2 Å². The first kappa shape index (κ1) is 19.5. The number of carbonyl (C=O) groups is 2. The summed E-state index contributed by atoms with van der Waals surface area (Å²) >= 11 is 6.08. The van der Waals surface area contributed by atoms with Crippen LogP contribution < -0.4 is 4.74 Å². The fourth-order valence-corrected chi connectivity index (χ4v) is 3.47. The quantitative estimate of drug-likeness (QED) is 0.327. The van der Waals surface area contributed by atoms with Gasteiger partial charge in [-0.3, -0.25) is 24.6 Å². The van der Waals surface area contributed by atoms with Crippen molar-refractivity contribution >= 4 is 51.9 Å². The summed E-state index contributed by atoms with van der Waals surface area (Å²) in [7, 11) is 0. The van der Waals surface area contributed by atoms with Crippen LogP contribution in [0.3, 0.4) is 0 Å². The topological polar surface area (TPSA) is 123 Å². The van der Waals surface area contributed by atoms with E-state index in [4.69, 9.17) is 22.1 Å². The number of thioether (sulfide) groups is 1. The van der Waals surface area contributed by atoms with Crippen molar-refractivity contribution in [3.05, 3.63) is 63.2 Å². The maximum atomic E-state index is 12.2. The molecule has 1 aliphatic heterocycles. The van der Waals surface area contributed by atoms with Gasteiger partial charge in [0.15, 0.2) is 0 Å². The van der Waals surface area contributed by atoms with Gasteiger partial charge in [-0.25, -0.2) is 4.98 Å². The highest BCUT2D eigenvalue weighted by Gasteiger charge is 2.33. The van der Waals surface area contributed by atoms with E-state index in [9.17, 15) is 19.7 Å². The van der Waals surface area contributed by atoms with Gasteiger partial charge in [0, 0.05) is 12.1 Å². The average Bonchev–Trinajstić information content (AvgIpc) is 2.91. The molecule has 2 heterocycles. The van der Waals surface area contributed by atoms with Gasteiger partial charge < -0.3 is 9.84 Å². The number of benzene rings is 1. The lowest BCUT2D eigenvalue weighted by molar-refractivity contribution is -0.385.